The molecule has 0 saturated carbocycles. The number of hydrogen-bond acceptors (Lipinski definition) is 3. The average molecular weight is 209 g/mol. The summed E-state index contributed by atoms with van der Waals surface area (Å²) in [6.45, 7) is 0. The normalized spacial score (nSPS) is 12.7. The van der Waals surface area contributed by atoms with Crippen LogP contribution >= 0.6 is 11.3 Å². The highest BCUT2D eigenvalue weighted by molar-refractivity contribution is 7.10. The minimum atomic E-state index is -0.601. The zero-order valence-electron chi connectivity index (χ0n) is 7.73. The second kappa shape index (κ2) is 3.86. The molecule has 0 saturated heterocycles. The highest BCUT2D eigenvalue weighted by Gasteiger charge is 2.16. The van der Waals surface area contributed by atoms with Crippen LogP contribution < -0.4 is 4.74 Å². The van der Waals surface area contributed by atoms with Crippen LogP contribution in [0.2, 0.25) is 0 Å². The molecule has 2 aromatic heterocycles. The standard InChI is InChI=1S/C10H11NO2S/c1-13-8-3-5-14-10(8)9(12)7-2-4-11-6-7/h2-6,9,11-12H,1H3. The number of aromatic nitrogens is 1. The molecule has 0 amide bonds. The molecule has 3 nitrogen and oxygen atoms in total. The number of ether oxygens (including phenoxy) is 1. The number of hydrogen-bond donors (Lipinski definition) is 2. The highest BCUT2D eigenvalue weighted by Crippen LogP contribution is 2.34. The van der Waals surface area contributed by atoms with Gasteiger partial charge in [-0.2, -0.15) is 0 Å². The lowest BCUT2D eigenvalue weighted by molar-refractivity contribution is 0.219. The Balaban J connectivity index is 2.31. The number of aliphatic hydroxyl groups is 1. The van der Waals surface area contributed by atoms with Gasteiger partial charge < -0.3 is 14.8 Å². The SMILES string of the molecule is COc1ccsc1C(O)c1cc[nH]c1. The Bertz CT molecular complexity index is 394. The molecule has 0 aliphatic rings. The average Bonchev–Trinajstić information content (AvgIpc) is 2.87. The first-order chi connectivity index (χ1) is 6.83. The third-order valence-electron chi connectivity index (χ3n) is 2.06. The molecule has 2 aromatic rings. The molecule has 1 unspecified atom stereocenters. The van der Waals surface area contributed by atoms with Gasteiger partial charge in [-0.3, -0.25) is 0 Å². The number of rotatable bonds is 3. The Hall–Kier alpha value is -1.26. The van der Waals surface area contributed by atoms with E-state index in [1.165, 1.54) is 11.3 Å². The minimum absolute atomic E-state index is 0.601. The molecule has 1 atom stereocenters. The van der Waals surface area contributed by atoms with Crippen molar-refractivity contribution >= 4 is 11.3 Å². The zero-order valence-corrected chi connectivity index (χ0v) is 8.54. The summed E-state index contributed by atoms with van der Waals surface area (Å²) in [4.78, 5) is 3.75. The maximum Gasteiger partial charge on any atom is 0.135 e. The molecular formula is C10H11NO2S. The van der Waals surface area contributed by atoms with Gasteiger partial charge in [-0.25, -0.2) is 0 Å². The lowest BCUT2D eigenvalue weighted by Crippen LogP contribution is -1.97. The second-order valence-electron chi connectivity index (χ2n) is 2.90. The van der Waals surface area contributed by atoms with Crippen molar-refractivity contribution in [3.05, 3.63) is 40.3 Å². The first-order valence-electron chi connectivity index (χ1n) is 4.25. The van der Waals surface area contributed by atoms with E-state index in [0.29, 0.717) is 0 Å². The summed E-state index contributed by atoms with van der Waals surface area (Å²) < 4.78 is 5.14. The fourth-order valence-electron chi connectivity index (χ4n) is 1.34. The number of aromatic amines is 1. The summed E-state index contributed by atoms with van der Waals surface area (Å²) >= 11 is 1.49. The Morgan fingerprint density at radius 3 is 3.00 bits per heavy atom. The van der Waals surface area contributed by atoms with Crippen LogP contribution in [0.5, 0.6) is 5.75 Å². The van der Waals surface area contributed by atoms with Crippen molar-refractivity contribution in [1.29, 1.82) is 0 Å². The zero-order chi connectivity index (χ0) is 9.97. The molecular weight excluding hydrogens is 198 g/mol. The molecule has 0 radical (unpaired) electrons. The molecule has 0 bridgehead atoms. The maximum atomic E-state index is 9.99. The summed E-state index contributed by atoms with van der Waals surface area (Å²) in [6, 6.07) is 3.71. The van der Waals surface area contributed by atoms with Gasteiger partial charge in [-0.05, 0) is 17.5 Å². The van der Waals surface area contributed by atoms with Crippen LogP contribution in [0.1, 0.15) is 16.5 Å². The Morgan fingerprint density at radius 1 is 1.50 bits per heavy atom. The largest absolute Gasteiger partial charge is 0.495 e. The van der Waals surface area contributed by atoms with Crippen LogP contribution in [0, 0.1) is 0 Å². The van der Waals surface area contributed by atoms with E-state index in [9.17, 15) is 5.11 Å². The third-order valence-corrected chi connectivity index (χ3v) is 3.01. The molecule has 2 N–H and O–H groups in total. The topological polar surface area (TPSA) is 45.2 Å². The fourth-order valence-corrected chi connectivity index (χ4v) is 2.21. The number of nitrogens with one attached hydrogen (secondary N) is 1. The predicted octanol–water partition coefficient (Wildman–Crippen LogP) is 2.17. The van der Waals surface area contributed by atoms with Gasteiger partial charge in [0.15, 0.2) is 0 Å². The monoisotopic (exact) mass is 209 g/mol. The number of aliphatic hydroxyl groups excluding tert-OH is 1. The smallest absolute Gasteiger partial charge is 0.135 e. The van der Waals surface area contributed by atoms with E-state index in [4.69, 9.17) is 4.74 Å². The molecule has 0 fully saturated rings. The van der Waals surface area contributed by atoms with Crippen molar-refractivity contribution in [3.63, 3.8) is 0 Å². The molecule has 4 heteroatoms. The van der Waals surface area contributed by atoms with Crippen molar-refractivity contribution in [2.24, 2.45) is 0 Å². The van der Waals surface area contributed by atoms with Gasteiger partial charge in [0, 0.05) is 18.0 Å². The second-order valence-corrected chi connectivity index (χ2v) is 3.85. The quantitative estimate of drug-likeness (QED) is 0.813. The summed E-state index contributed by atoms with van der Waals surface area (Å²) in [7, 11) is 1.61. The van der Waals surface area contributed by atoms with Gasteiger partial charge in [0.05, 0.1) is 12.0 Å². The van der Waals surface area contributed by atoms with Crippen molar-refractivity contribution in [2.45, 2.75) is 6.10 Å². The van der Waals surface area contributed by atoms with Crippen LogP contribution in [0.15, 0.2) is 29.9 Å². The molecule has 74 valence electrons. The molecule has 2 rings (SSSR count). The highest BCUT2D eigenvalue weighted by atomic mass is 32.1. The first-order valence-corrected chi connectivity index (χ1v) is 5.13. The lowest BCUT2D eigenvalue weighted by Gasteiger charge is -2.08. The van der Waals surface area contributed by atoms with Crippen molar-refractivity contribution in [2.75, 3.05) is 7.11 Å². The molecule has 0 spiro atoms. The Kier molecular flexibility index (Phi) is 2.56. The van der Waals surface area contributed by atoms with Gasteiger partial charge in [-0.15, -0.1) is 11.3 Å². The van der Waals surface area contributed by atoms with Gasteiger partial charge in [0.25, 0.3) is 0 Å². The number of methoxy groups -OCH3 is 1. The maximum absolute atomic E-state index is 9.99. The van der Waals surface area contributed by atoms with E-state index in [1.54, 1.807) is 19.5 Å². The van der Waals surface area contributed by atoms with Crippen LogP contribution in [-0.4, -0.2) is 17.2 Å². The van der Waals surface area contributed by atoms with Crippen LogP contribution in [0.25, 0.3) is 0 Å². The molecule has 0 aliphatic carbocycles. The summed E-state index contributed by atoms with van der Waals surface area (Å²) in [5, 5.41) is 11.9. The summed E-state index contributed by atoms with van der Waals surface area (Å²) in [5.41, 5.74) is 0.853. The van der Waals surface area contributed by atoms with Gasteiger partial charge in [0.1, 0.15) is 11.9 Å². The predicted molar refractivity (Wildman–Crippen MR) is 55.7 cm³/mol. The Morgan fingerprint density at radius 2 is 2.36 bits per heavy atom. The van der Waals surface area contributed by atoms with Crippen molar-refractivity contribution in [1.82, 2.24) is 4.98 Å². The van der Waals surface area contributed by atoms with Gasteiger partial charge in [0.2, 0.25) is 0 Å². The number of thiophene rings is 1. The van der Waals surface area contributed by atoms with E-state index in [2.05, 4.69) is 4.98 Å². The van der Waals surface area contributed by atoms with Crippen LogP contribution in [0.4, 0.5) is 0 Å². The van der Waals surface area contributed by atoms with Gasteiger partial charge >= 0.3 is 0 Å². The van der Waals surface area contributed by atoms with E-state index in [-0.39, 0.29) is 0 Å². The molecule has 0 aromatic carbocycles. The van der Waals surface area contributed by atoms with Crippen LogP contribution in [0.3, 0.4) is 0 Å². The Labute approximate surface area is 86.0 Å². The van der Waals surface area contributed by atoms with E-state index < -0.39 is 6.10 Å². The lowest BCUT2D eigenvalue weighted by atomic mass is 10.1. The molecule has 0 aliphatic heterocycles. The van der Waals surface area contributed by atoms with Crippen molar-refractivity contribution in [3.8, 4) is 5.75 Å². The number of H-pyrrole nitrogens is 1. The van der Waals surface area contributed by atoms with Crippen molar-refractivity contribution < 1.29 is 9.84 Å². The summed E-state index contributed by atoms with van der Waals surface area (Å²) in [5.74, 6) is 0.740. The van der Waals surface area contributed by atoms with Gasteiger partial charge in [-0.1, -0.05) is 0 Å². The molecule has 14 heavy (non-hydrogen) atoms. The van der Waals surface area contributed by atoms with E-state index >= 15 is 0 Å². The van der Waals surface area contributed by atoms with E-state index in [0.717, 1.165) is 16.2 Å². The minimum Gasteiger partial charge on any atom is -0.495 e. The fraction of sp³-hybridized carbons (Fsp3) is 0.200. The van der Waals surface area contributed by atoms with E-state index in [1.807, 2.05) is 17.5 Å². The summed E-state index contributed by atoms with van der Waals surface area (Å²) in [6.07, 6.45) is 2.97. The molecule has 2 heterocycles. The van der Waals surface area contributed by atoms with Crippen LogP contribution in [-0.2, 0) is 0 Å². The first kappa shape index (κ1) is 9.30. The third kappa shape index (κ3) is 1.54.